The lowest BCUT2D eigenvalue weighted by molar-refractivity contribution is -0.122. The highest BCUT2D eigenvalue weighted by Gasteiger charge is 2.28. The van der Waals surface area contributed by atoms with Crippen LogP contribution < -0.4 is 19.1 Å². The van der Waals surface area contributed by atoms with Gasteiger partial charge in [-0.1, -0.05) is 23.8 Å². The number of nitrogens with one attached hydrogen (secondary N) is 1. The second-order valence-corrected chi connectivity index (χ2v) is 8.79. The van der Waals surface area contributed by atoms with Crippen LogP contribution in [0.4, 0.5) is 5.69 Å². The first-order valence-corrected chi connectivity index (χ1v) is 11.7. The van der Waals surface area contributed by atoms with E-state index < -0.39 is 22.0 Å². The van der Waals surface area contributed by atoms with Gasteiger partial charge in [0.1, 0.15) is 6.04 Å². The summed E-state index contributed by atoms with van der Waals surface area (Å²) < 4.78 is 37.0. The number of benzene rings is 2. The van der Waals surface area contributed by atoms with Crippen LogP contribution in [-0.4, -0.2) is 39.8 Å². The smallest absolute Gasteiger partial charge is 0.243 e. The number of rotatable bonds is 10. The summed E-state index contributed by atoms with van der Waals surface area (Å²) in [5.74, 6) is 0.856. The van der Waals surface area contributed by atoms with Crippen LogP contribution in [0, 0.1) is 6.92 Å². The largest absolute Gasteiger partial charge is 0.490 e. The summed E-state index contributed by atoms with van der Waals surface area (Å²) in [6.07, 6.45) is 1.09. The Bertz CT molecular complexity index is 958. The minimum atomic E-state index is -3.65. The van der Waals surface area contributed by atoms with Crippen molar-refractivity contribution in [2.75, 3.05) is 23.8 Å². The number of ether oxygens (including phenoxy) is 2. The number of nitrogens with zero attached hydrogens (tertiary/aromatic N) is 1. The molecule has 0 saturated carbocycles. The fourth-order valence-corrected chi connectivity index (χ4v) is 4.22. The first-order chi connectivity index (χ1) is 14.2. The summed E-state index contributed by atoms with van der Waals surface area (Å²) in [5, 5.41) is 2.81. The first-order valence-electron chi connectivity index (χ1n) is 9.89. The Morgan fingerprint density at radius 2 is 1.63 bits per heavy atom. The summed E-state index contributed by atoms with van der Waals surface area (Å²) in [6, 6.07) is 11.6. The molecule has 0 fully saturated rings. The second-order valence-electron chi connectivity index (χ2n) is 6.94. The van der Waals surface area contributed by atoms with Gasteiger partial charge in [-0.25, -0.2) is 8.42 Å². The van der Waals surface area contributed by atoms with Crippen LogP contribution in [0.3, 0.4) is 0 Å². The molecule has 0 unspecified atom stereocenters. The van der Waals surface area contributed by atoms with Gasteiger partial charge in [0, 0.05) is 6.54 Å². The molecule has 2 rings (SSSR count). The van der Waals surface area contributed by atoms with Crippen molar-refractivity contribution in [1.82, 2.24) is 5.32 Å². The molecule has 0 radical (unpaired) electrons. The number of sulfonamides is 1. The highest BCUT2D eigenvalue weighted by atomic mass is 32.2. The molecule has 2 aromatic rings. The van der Waals surface area contributed by atoms with Gasteiger partial charge < -0.3 is 14.8 Å². The number of amides is 1. The SMILES string of the molecule is CCOc1ccc(CNC(=O)[C@@H](C)N(c2ccc(C)cc2)S(C)(=O)=O)cc1OCC. The van der Waals surface area contributed by atoms with Crippen LogP contribution in [0.5, 0.6) is 11.5 Å². The number of carbonyl (C=O) groups excluding carboxylic acids is 1. The minimum absolute atomic E-state index is 0.237. The topological polar surface area (TPSA) is 84.9 Å². The van der Waals surface area contributed by atoms with Crippen LogP contribution in [-0.2, 0) is 21.4 Å². The van der Waals surface area contributed by atoms with Gasteiger partial charge in [0.2, 0.25) is 15.9 Å². The third-order valence-electron chi connectivity index (χ3n) is 4.45. The lowest BCUT2D eigenvalue weighted by Gasteiger charge is -2.28. The van der Waals surface area contributed by atoms with Gasteiger partial charge in [-0.15, -0.1) is 0 Å². The maximum atomic E-state index is 12.8. The van der Waals surface area contributed by atoms with E-state index in [4.69, 9.17) is 9.47 Å². The van der Waals surface area contributed by atoms with Gasteiger partial charge in [0.25, 0.3) is 0 Å². The van der Waals surface area contributed by atoms with Crippen molar-refractivity contribution in [2.24, 2.45) is 0 Å². The predicted molar refractivity (Wildman–Crippen MR) is 119 cm³/mol. The van der Waals surface area contributed by atoms with Crippen molar-refractivity contribution >= 4 is 21.6 Å². The van der Waals surface area contributed by atoms with E-state index in [0.717, 1.165) is 21.7 Å². The van der Waals surface area contributed by atoms with Gasteiger partial charge in [0.05, 0.1) is 25.2 Å². The highest BCUT2D eigenvalue weighted by molar-refractivity contribution is 7.92. The molecule has 30 heavy (non-hydrogen) atoms. The van der Waals surface area contributed by atoms with Crippen molar-refractivity contribution < 1.29 is 22.7 Å². The summed E-state index contributed by atoms with van der Waals surface area (Å²) in [4.78, 5) is 12.8. The van der Waals surface area contributed by atoms with Gasteiger partial charge >= 0.3 is 0 Å². The van der Waals surface area contributed by atoms with E-state index in [0.29, 0.717) is 30.4 Å². The lowest BCUT2D eigenvalue weighted by Crippen LogP contribution is -2.47. The fraction of sp³-hybridized carbons (Fsp3) is 0.409. The van der Waals surface area contributed by atoms with E-state index in [-0.39, 0.29) is 6.54 Å². The summed E-state index contributed by atoms with van der Waals surface area (Å²) in [7, 11) is -3.65. The number of anilines is 1. The molecule has 1 N–H and O–H groups in total. The van der Waals surface area contributed by atoms with Crippen LogP contribution >= 0.6 is 0 Å². The maximum absolute atomic E-state index is 12.8. The Morgan fingerprint density at radius 3 is 2.20 bits per heavy atom. The molecule has 0 aromatic heterocycles. The minimum Gasteiger partial charge on any atom is -0.490 e. The van der Waals surface area contributed by atoms with Crippen LogP contribution in [0.1, 0.15) is 31.9 Å². The van der Waals surface area contributed by atoms with Gasteiger partial charge in [0.15, 0.2) is 11.5 Å². The third kappa shape index (κ3) is 6.13. The quantitative estimate of drug-likeness (QED) is 0.620. The van der Waals surface area contributed by atoms with E-state index in [2.05, 4.69) is 5.32 Å². The second kappa shape index (κ2) is 10.3. The van der Waals surface area contributed by atoms with E-state index >= 15 is 0 Å². The average molecular weight is 435 g/mol. The van der Waals surface area contributed by atoms with E-state index in [1.807, 2.05) is 45.0 Å². The third-order valence-corrected chi connectivity index (χ3v) is 5.69. The maximum Gasteiger partial charge on any atom is 0.243 e. The van der Waals surface area contributed by atoms with Crippen molar-refractivity contribution in [3.8, 4) is 11.5 Å². The molecule has 0 bridgehead atoms. The molecule has 0 aliphatic carbocycles. The predicted octanol–water partition coefficient (Wildman–Crippen LogP) is 3.26. The standard InChI is InChI=1S/C22H30N2O5S/c1-6-28-20-13-10-18(14-21(20)29-7-2)15-23-22(25)17(4)24(30(5,26)27)19-11-8-16(3)9-12-19/h8-14,17H,6-7,15H2,1-5H3,(H,23,25)/t17-/m1/s1. The van der Waals surface area contributed by atoms with Gasteiger partial charge in [-0.3, -0.25) is 9.10 Å². The molecule has 164 valence electrons. The Morgan fingerprint density at radius 1 is 1.03 bits per heavy atom. The van der Waals surface area contributed by atoms with Crippen molar-refractivity contribution in [2.45, 2.75) is 40.3 Å². The van der Waals surface area contributed by atoms with Gasteiger partial charge in [-0.05, 0) is 57.5 Å². The highest BCUT2D eigenvalue weighted by Crippen LogP contribution is 2.28. The number of aryl methyl sites for hydroxylation is 1. The zero-order valence-corrected chi connectivity index (χ0v) is 19.0. The number of hydrogen-bond donors (Lipinski definition) is 1. The monoisotopic (exact) mass is 434 g/mol. The molecule has 0 aliphatic heterocycles. The van der Waals surface area contributed by atoms with Crippen molar-refractivity contribution in [1.29, 1.82) is 0 Å². The van der Waals surface area contributed by atoms with Crippen molar-refractivity contribution in [3.05, 3.63) is 53.6 Å². The normalized spacial score (nSPS) is 12.2. The molecule has 2 aromatic carbocycles. The fourth-order valence-electron chi connectivity index (χ4n) is 3.04. The zero-order valence-electron chi connectivity index (χ0n) is 18.1. The summed E-state index contributed by atoms with van der Waals surface area (Å²) >= 11 is 0. The molecule has 0 spiro atoms. The molecular formula is C22H30N2O5S. The lowest BCUT2D eigenvalue weighted by atomic mass is 10.2. The van der Waals surface area contributed by atoms with Crippen LogP contribution in [0.15, 0.2) is 42.5 Å². The molecule has 1 atom stereocenters. The molecule has 8 heteroatoms. The first kappa shape index (κ1) is 23.5. The van der Waals surface area contributed by atoms with E-state index in [9.17, 15) is 13.2 Å². The van der Waals surface area contributed by atoms with E-state index in [1.165, 1.54) is 0 Å². The Balaban J connectivity index is 2.15. The molecular weight excluding hydrogens is 404 g/mol. The van der Waals surface area contributed by atoms with Gasteiger partial charge in [-0.2, -0.15) is 0 Å². The molecule has 0 saturated heterocycles. The van der Waals surface area contributed by atoms with E-state index in [1.54, 1.807) is 25.1 Å². The van der Waals surface area contributed by atoms with Crippen LogP contribution in [0.2, 0.25) is 0 Å². The molecule has 7 nitrogen and oxygen atoms in total. The summed E-state index contributed by atoms with van der Waals surface area (Å²) in [6.45, 7) is 8.52. The molecule has 1 amide bonds. The van der Waals surface area contributed by atoms with Crippen molar-refractivity contribution in [3.63, 3.8) is 0 Å². The molecule has 0 heterocycles. The Kier molecular flexibility index (Phi) is 8.11. The number of carbonyl (C=O) groups is 1. The van der Waals surface area contributed by atoms with Crippen LogP contribution in [0.25, 0.3) is 0 Å². The average Bonchev–Trinajstić information content (AvgIpc) is 2.68. The Labute approximate surface area is 179 Å². The molecule has 0 aliphatic rings. The summed E-state index contributed by atoms with van der Waals surface area (Å²) in [5.41, 5.74) is 2.28. The zero-order chi connectivity index (χ0) is 22.3. The Hall–Kier alpha value is -2.74. The number of hydrogen-bond acceptors (Lipinski definition) is 5.